The van der Waals surface area contributed by atoms with Crippen molar-refractivity contribution >= 4 is 22.2 Å². The molecule has 0 aromatic carbocycles. The van der Waals surface area contributed by atoms with E-state index in [0.29, 0.717) is 18.6 Å². The molecule has 7 nitrogen and oxygen atoms in total. The van der Waals surface area contributed by atoms with Gasteiger partial charge in [0.1, 0.15) is 5.75 Å². The summed E-state index contributed by atoms with van der Waals surface area (Å²) in [4.78, 5) is 22.1. The van der Waals surface area contributed by atoms with Gasteiger partial charge in [0.05, 0.1) is 37.6 Å². The highest BCUT2D eigenvalue weighted by Gasteiger charge is 2.36. The summed E-state index contributed by atoms with van der Waals surface area (Å²) in [5.74, 6) is 0.745. The number of carbonyl (C=O) groups excluding carboxylic acids is 1. The third-order valence-corrected chi connectivity index (χ3v) is 5.52. The van der Waals surface area contributed by atoms with E-state index in [4.69, 9.17) is 4.74 Å². The molecule has 1 fully saturated rings. The van der Waals surface area contributed by atoms with Crippen molar-refractivity contribution < 1.29 is 14.6 Å². The maximum Gasteiger partial charge on any atom is 0.226 e. The number of aliphatic hydroxyl groups excluding tert-OH is 1. The van der Waals surface area contributed by atoms with E-state index in [9.17, 15) is 9.90 Å². The first-order valence-electron chi connectivity index (χ1n) is 8.50. The van der Waals surface area contributed by atoms with Crippen LogP contribution in [0, 0.1) is 5.92 Å². The van der Waals surface area contributed by atoms with E-state index in [1.165, 1.54) is 11.3 Å². The molecule has 1 unspecified atom stereocenters. The van der Waals surface area contributed by atoms with E-state index in [2.05, 4.69) is 15.3 Å². The number of aromatic nitrogens is 3. The number of methoxy groups -OCH3 is 1. The smallest absolute Gasteiger partial charge is 0.226 e. The molecule has 1 amide bonds. The van der Waals surface area contributed by atoms with E-state index in [0.717, 1.165) is 16.2 Å². The summed E-state index contributed by atoms with van der Waals surface area (Å²) in [6.07, 6.45) is 8.44. The lowest BCUT2D eigenvalue weighted by molar-refractivity contribution is -0.122. The van der Waals surface area contributed by atoms with Gasteiger partial charge in [-0.2, -0.15) is 0 Å². The topological polar surface area (TPSA) is 88.8 Å². The van der Waals surface area contributed by atoms with Crippen LogP contribution < -0.4 is 10.1 Å². The summed E-state index contributed by atoms with van der Waals surface area (Å²) >= 11 is 1.54. The third-order valence-electron chi connectivity index (χ3n) is 4.75. The second-order valence-corrected chi connectivity index (χ2v) is 7.46. The minimum Gasteiger partial charge on any atom is -0.495 e. The van der Waals surface area contributed by atoms with Crippen LogP contribution in [0.4, 0.5) is 0 Å². The van der Waals surface area contributed by atoms with Gasteiger partial charge in [0.2, 0.25) is 5.91 Å². The summed E-state index contributed by atoms with van der Waals surface area (Å²) in [6.45, 7) is 0. The fraction of sp³-hybridized carbons (Fsp3) is 0.389. The molecule has 3 heterocycles. The van der Waals surface area contributed by atoms with Gasteiger partial charge in [-0.15, -0.1) is 11.3 Å². The molecule has 0 radical (unpaired) electrons. The van der Waals surface area contributed by atoms with Crippen molar-refractivity contribution in [2.24, 2.45) is 5.92 Å². The van der Waals surface area contributed by atoms with Crippen molar-refractivity contribution in [1.82, 2.24) is 19.7 Å². The van der Waals surface area contributed by atoms with Crippen molar-refractivity contribution in [3.05, 3.63) is 47.5 Å². The normalized spacial score (nSPS) is 20.5. The van der Waals surface area contributed by atoms with E-state index in [1.54, 1.807) is 19.5 Å². The van der Waals surface area contributed by atoms with Crippen molar-refractivity contribution in [2.75, 3.05) is 7.11 Å². The molecule has 0 aliphatic heterocycles. The van der Waals surface area contributed by atoms with E-state index < -0.39 is 0 Å². The van der Waals surface area contributed by atoms with E-state index >= 15 is 0 Å². The van der Waals surface area contributed by atoms with Gasteiger partial charge in [0, 0.05) is 24.0 Å². The number of hydrogen-bond acceptors (Lipinski definition) is 6. The molecule has 1 aliphatic carbocycles. The minimum absolute atomic E-state index is 0.0926. The zero-order valence-electron chi connectivity index (χ0n) is 14.3. The van der Waals surface area contributed by atoms with Crippen LogP contribution in [0.2, 0.25) is 0 Å². The van der Waals surface area contributed by atoms with Crippen molar-refractivity contribution in [1.29, 1.82) is 0 Å². The lowest BCUT2D eigenvalue weighted by Gasteiger charge is -2.38. The number of pyridine rings is 1. The summed E-state index contributed by atoms with van der Waals surface area (Å²) < 4.78 is 7.16. The molecule has 136 valence electrons. The maximum absolute atomic E-state index is 12.6. The quantitative estimate of drug-likeness (QED) is 0.691. The van der Waals surface area contributed by atoms with Crippen LogP contribution in [0.3, 0.4) is 0 Å². The molecular weight excluding hydrogens is 352 g/mol. The van der Waals surface area contributed by atoms with Crippen LogP contribution in [-0.4, -0.2) is 38.6 Å². The highest BCUT2D eigenvalue weighted by Crippen LogP contribution is 2.38. The Kier molecular flexibility index (Phi) is 4.60. The molecule has 4 rings (SSSR count). The molecule has 2 N–H and O–H groups in total. The van der Waals surface area contributed by atoms with Gasteiger partial charge in [0.25, 0.3) is 0 Å². The second kappa shape index (κ2) is 7.05. The number of imidazole rings is 1. The number of hydrogen-bond donors (Lipinski definition) is 2. The summed E-state index contributed by atoms with van der Waals surface area (Å²) in [5, 5.41) is 14.7. The fourth-order valence-electron chi connectivity index (χ4n) is 3.34. The molecule has 0 spiro atoms. The van der Waals surface area contributed by atoms with Gasteiger partial charge in [-0.3, -0.25) is 14.2 Å². The first kappa shape index (κ1) is 17.0. The predicted molar refractivity (Wildman–Crippen MR) is 97.2 cm³/mol. The number of nitrogens with zero attached hydrogens (tertiary/aromatic N) is 3. The van der Waals surface area contributed by atoms with Gasteiger partial charge < -0.3 is 15.2 Å². The molecular formula is C18H20N4O3S. The number of rotatable bonds is 6. The van der Waals surface area contributed by atoms with Crippen LogP contribution >= 0.6 is 11.3 Å². The highest BCUT2D eigenvalue weighted by atomic mass is 32.1. The van der Waals surface area contributed by atoms with Gasteiger partial charge in [-0.25, -0.2) is 4.98 Å². The molecule has 1 atom stereocenters. The predicted octanol–water partition coefficient (Wildman–Crippen LogP) is 1.97. The molecule has 26 heavy (non-hydrogen) atoms. The maximum atomic E-state index is 12.6. The van der Waals surface area contributed by atoms with Crippen LogP contribution in [0.5, 0.6) is 5.75 Å². The Hall–Kier alpha value is -2.45. The number of ether oxygens (including phenoxy) is 1. The van der Waals surface area contributed by atoms with Crippen LogP contribution in [0.15, 0.2) is 36.2 Å². The van der Waals surface area contributed by atoms with Gasteiger partial charge in [-0.1, -0.05) is 0 Å². The Morgan fingerprint density at radius 1 is 1.50 bits per heavy atom. The minimum atomic E-state index is -0.294. The number of amides is 1. The third kappa shape index (κ3) is 3.42. The number of aliphatic hydroxyl groups is 1. The molecule has 3 aromatic rings. The number of nitrogens with one attached hydrogen (secondary N) is 1. The van der Waals surface area contributed by atoms with Crippen LogP contribution in [-0.2, 0) is 11.2 Å². The van der Waals surface area contributed by atoms with Gasteiger partial charge >= 0.3 is 0 Å². The number of fused-ring (bicyclic) bond motifs is 1. The average Bonchev–Trinajstić information content (AvgIpc) is 3.18. The molecule has 8 heteroatoms. The zero-order chi connectivity index (χ0) is 18.1. The summed E-state index contributed by atoms with van der Waals surface area (Å²) in [6, 6.07) is 1.69. The zero-order valence-corrected chi connectivity index (χ0v) is 15.1. The Morgan fingerprint density at radius 2 is 2.35 bits per heavy atom. The first-order chi connectivity index (χ1) is 12.6. The number of thiazole rings is 1. The SMILES string of the molecule is COc1cncc(C(NC(=O)Cc2cn3ccsc3n2)C2CC(O)C2)c1. The second-order valence-electron chi connectivity index (χ2n) is 6.59. The van der Waals surface area contributed by atoms with Crippen LogP contribution in [0.1, 0.15) is 30.1 Å². The van der Waals surface area contributed by atoms with E-state index in [1.807, 2.05) is 28.2 Å². The highest BCUT2D eigenvalue weighted by molar-refractivity contribution is 7.15. The largest absolute Gasteiger partial charge is 0.495 e. The lowest BCUT2D eigenvalue weighted by atomic mass is 9.75. The Balaban J connectivity index is 1.50. The monoisotopic (exact) mass is 372 g/mol. The number of carbonyl (C=O) groups is 1. The molecule has 3 aromatic heterocycles. The summed E-state index contributed by atoms with van der Waals surface area (Å²) in [5.41, 5.74) is 1.63. The average molecular weight is 372 g/mol. The standard InChI is InChI=1S/C18H20N4O3S/c1-25-15-6-12(8-19-9-15)17(11-4-14(23)5-11)21-16(24)7-13-10-22-2-3-26-18(22)20-13/h2-3,6,8-11,14,17,23H,4-5,7H2,1H3,(H,21,24). The van der Waals surface area contributed by atoms with Crippen molar-refractivity contribution in [3.63, 3.8) is 0 Å². The van der Waals surface area contributed by atoms with Gasteiger partial charge in [-0.05, 0) is 30.4 Å². The molecule has 0 bridgehead atoms. The van der Waals surface area contributed by atoms with Gasteiger partial charge in [0.15, 0.2) is 4.96 Å². The molecule has 1 aliphatic rings. The molecule has 1 saturated carbocycles. The Morgan fingerprint density at radius 3 is 3.08 bits per heavy atom. The Bertz CT molecular complexity index is 887. The lowest BCUT2D eigenvalue weighted by Crippen LogP contribution is -2.42. The van der Waals surface area contributed by atoms with Crippen molar-refractivity contribution in [3.8, 4) is 5.75 Å². The first-order valence-corrected chi connectivity index (χ1v) is 9.38. The summed E-state index contributed by atoms with van der Waals surface area (Å²) in [7, 11) is 1.59. The molecule has 0 saturated heterocycles. The van der Waals surface area contributed by atoms with Crippen molar-refractivity contribution in [2.45, 2.75) is 31.4 Å². The Labute approximate surface area is 154 Å². The fourth-order valence-corrected chi connectivity index (χ4v) is 4.06. The van der Waals surface area contributed by atoms with E-state index in [-0.39, 0.29) is 30.4 Å². The van der Waals surface area contributed by atoms with Crippen LogP contribution in [0.25, 0.3) is 4.96 Å².